The summed E-state index contributed by atoms with van der Waals surface area (Å²) in [7, 11) is 0. The number of hydrogen-bond acceptors (Lipinski definition) is 6. The molecule has 0 radical (unpaired) electrons. The lowest BCUT2D eigenvalue weighted by molar-refractivity contribution is 0.145. The third-order valence-corrected chi connectivity index (χ3v) is 7.93. The zero-order chi connectivity index (χ0) is 23.7. The van der Waals surface area contributed by atoms with Gasteiger partial charge in [-0.15, -0.1) is 0 Å². The minimum Gasteiger partial charge on any atom is -0.383 e. The Bertz CT molecular complexity index is 1410. The number of primary amides is 1. The Hall–Kier alpha value is -3.95. The van der Waals surface area contributed by atoms with Crippen LogP contribution in [0.15, 0.2) is 36.9 Å². The van der Waals surface area contributed by atoms with Gasteiger partial charge in [0.2, 0.25) is 0 Å². The molecule has 3 aliphatic rings. The van der Waals surface area contributed by atoms with Gasteiger partial charge in [0.1, 0.15) is 11.5 Å². The molecular formula is C25H27N9O. The first-order valence-electron chi connectivity index (χ1n) is 12.3. The molecular weight excluding hydrogens is 442 g/mol. The molecule has 3 fully saturated rings. The number of nitrogens with two attached hydrogens (primary N) is 2. The monoisotopic (exact) mass is 469 g/mol. The molecule has 178 valence electrons. The van der Waals surface area contributed by atoms with Gasteiger partial charge in [-0.05, 0) is 50.5 Å². The van der Waals surface area contributed by atoms with Gasteiger partial charge in [0.25, 0.3) is 0 Å². The van der Waals surface area contributed by atoms with Crippen molar-refractivity contribution in [3.8, 4) is 22.6 Å². The molecule has 3 atom stereocenters. The van der Waals surface area contributed by atoms with Crippen LogP contribution < -0.4 is 11.5 Å². The maximum atomic E-state index is 12.0. The fourth-order valence-electron chi connectivity index (χ4n) is 6.21. The molecule has 2 bridgehead atoms. The van der Waals surface area contributed by atoms with Crippen LogP contribution in [0.3, 0.4) is 0 Å². The number of aromatic nitrogens is 6. The molecule has 4 aromatic rings. The number of hydrogen-bond donors (Lipinski definition) is 3. The number of nitrogen functional groups attached to an aromatic ring is 1. The highest BCUT2D eigenvalue weighted by atomic mass is 16.2. The number of fused-ring (bicyclic) bond motifs is 3. The maximum absolute atomic E-state index is 12.0. The Balaban J connectivity index is 1.31. The van der Waals surface area contributed by atoms with Crippen LogP contribution in [-0.4, -0.2) is 52.6 Å². The van der Waals surface area contributed by atoms with Gasteiger partial charge < -0.3 is 21.4 Å². The largest absolute Gasteiger partial charge is 0.383 e. The average Bonchev–Trinajstić information content (AvgIpc) is 3.25. The van der Waals surface area contributed by atoms with E-state index in [1.165, 1.54) is 0 Å². The molecule has 1 saturated carbocycles. The van der Waals surface area contributed by atoms with Crippen LogP contribution in [0.2, 0.25) is 0 Å². The van der Waals surface area contributed by atoms with Gasteiger partial charge in [-0.1, -0.05) is 6.07 Å². The lowest BCUT2D eigenvalue weighted by atomic mass is 9.85. The lowest BCUT2D eigenvalue weighted by Crippen LogP contribution is -2.48. The summed E-state index contributed by atoms with van der Waals surface area (Å²) in [6, 6.07) is 4.03. The standard InChI is InChI=1S/C25H27N9O/c26-22-20(13-1-2-13)21(15-9-16-4-5-17(10-15)33(16)25(27)35)32-24-18(12-31-34(22)24)14-3-6-19(30-11-14)23-28-7-8-29-23/h3,6-8,11-13,15-17H,1-2,4-5,9-10,26H2,(H2,27,35)(H,28,29)/t15-,16+,17-. The molecule has 6 heterocycles. The lowest BCUT2D eigenvalue weighted by Gasteiger charge is -2.38. The molecule has 7 rings (SSSR count). The topological polar surface area (TPSA) is 144 Å². The number of anilines is 1. The SMILES string of the molecule is NC(=O)N1[C@@H]2CC[C@H]1C[C@@H](c1nc3c(-c4ccc(-c5ncc[nH]5)nc4)cnn3c(N)c1C1CC1)C2. The number of aromatic amines is 1. The quantitative estimate of drug-likeness (QED) is 0.418. The molecule has 10 nitrogen and oxygen atoms in total. The third kappa shape index (κ3) is 3.19. The Morgan fingerprint density at radius 2 is 1.83 bits per heavy atom. The molecule has 0 unspecified atom stereocenters. The number of piperidine rings is 1. The predicted molar refractivity (Wildman–Crippen MR) is 130 cm³/mol. The van der Waals surface area contributed by atoms with E-state index in [2.05, 4.69) is 20.1 Å². The normalized spacial score (nSPS) is 23.8. The van der Waals surface area contributed by atoms with E-state index < -0.39 is 0 Å². The van der Waals surface area contributed by atoms with Crippen molar-refractivity contribution in [2.75, 3.05) is 5.73 Å². The molecule has 2 aliphatic heterocycles. The molecule has 1 aliphatic carbocycles. The van der Waals surface area contributed by atoms with Gasteiger partial charge >= 0.3 is 6.03 Å². The average molecular weight is 470 g/mol. The van der Waals surface area contributed by atoms with Gasteiger partial charge in [0.05, 0.1) is 11.9 Å². The summed E-state index contributed by atoms with van der Waals surface area (Å²) in [6.45, 7) is 0. The zero-order valence-electron chi connectivity index (χ0n) is 19.3. The summed E-state index contributed by atoms with van der Waals surface area (Å²) >= 11 is 0. The van der Waals surface area contributed by atoms with Crippen LogP contribution in [0.5, 0.6) is 0 Å². The smallest absolute Gasteiger partial charge is 0.315 e. The first kappa shape index (κ1) is 20.4. The van der Waals surface area contributed by atoms with Gasteiger partial charge in [-0.25, -0.2) is 14.8 Å². The summed E-state index contributed by atoms with van der Waals surface area (Å²) in [4.78, 5) is 31.1. The van der Waals surface area contributed by atoms with Gasteiger partial charge in [-0.2, -0.15) is 9.61 Å². The van der Waals surface area contributed by atoms with Crippen molar-refractivity contribution >= 4 is 17.5 Å². The summed E-state index contributed by atoms with van der Waals surface area (Å²) in [5.41, 5.74) is 18.0. The van der Waals surface area contributed by atoms with Crippen LogP contribution >= 0.6 is 0 Å². The van der Waals surface area contributed by atoms with Crippen LogP contribution in [0.1, 0.15) is 61.6 Å². The van der Waals surface area contributed by atoms with Crippen molar-refractivity contribution in [2.45, 2.75) is 62.4 Å². The van der Waals surface area contributed by atoms with Crippen molar-refractivity contribution in [3.05, 3.63) is 48.2 Å². The summed E-state index contributed by atoms with van der Waals surface area (Å²) in [6.07, 6.45) is 13.2. The number of carbonyl (C=O) groups is 1. The van der Waals surface area contributed by atoms with Gasteiger partial charge in [0.15, 0.2) is 11.5 Å². The number of amides is 2. The first-order valence-corrected chi connectivity index (χ1v) is 12.3. The highest BCUT2D eigenvalue weighted by molar-refractivity contribution is 5.79. The molecule has 10 heteroatoms. The molecule has 5 N–H and O–H groups in total. The minimum atomic E-state index is -0.301. The van der Waals surface area contributed by atoms with Crippen LogP contribution in [-0.2, 0) is 0 Å². The van der Waals surface area contributed by atoms with E-state index in [9.17, 15) is 4.79 Å². The van der Waals surface area contributed by atoms with Crippen molar-refractivity contribution < 1.29 is 4.79 Å². The zero-order valence-corrected chi connectivity index (χ0v) is 19.3. The second-order valence-corrected chi connectivity index (χ2v) is 10.0. The van der Waals surface area contributed by atoms with E-state index >= 15 is 0 Å². The molecule has 2 amide bonds. The van der Waals surface area contributed by atoms with E-state index in [0.717, 1.165) is 78.1 Å². The molecule has 0 aromatic carbocycles. The molecule has 35 heavy (non-hydrogen) atoms. The molecule has 0 spiro atoms. The molecule has 4 aromatic heterocycles. The van der Waals surface area contributed by atoms with E-state index in [4.69, 9.17) is 16.5 Å². The number of imidazole rings is 1. The first-order chi connectivity index (χ1) is 17.1. The summed E-state index contributed by atoms with van der Waals surface area (Å²) < 4.78 is 1.78. The van der Waals surface area contributed by atoms with Crippen LogP contribution in [0.25, 0.3) is 28.3 Å². The number of pyridine rings is 1. The number of urea groups is 1. The third-order valence-electron chi connectivity index (χ3n) is 7.93. The Morgan fingerprint density at radius 1 is 1.03 bits per heavy atom. The van der Waals surface area contributed by atoms with Gasteiger partial charge in [-0.3, -0.25) is 4.98 Å². The van der Waals surface area contributed by atoms with E-state index in [-0.39, 0.29) is 24.0 Å². The highest BCUT2D eigenvalue weighted by Gasteiger charge is 2.45. The van der Waals surface area contributed by atoms with Crippen molar-refractivity contribution in [1.29, 1.82) is 0 Å². The van der Waals surface area contributed by atoms with E-state index in [1.807, 2.05) is 29.4 Å². The van der Waals surface area contributed by atoms with E-state index in [1.54, 1.807) is 16.9 Å². The fraction of sp³-hybridized carbons (Fsp3) is 0.400. The van der Waals surface area contributed by atoms with Crippen molar-refractivity contribution in [1.82, 2.24) is 34.4 Å². The fourth-order valence-corrected chi connectivity index (χ4v) is 6.21. The number of H-pyrrole nitrogens is 1. The van der Waals surface area contributed by atoms with E-state index in [0.29, 0.717) is 11.7 Å². The number of rotatable bonds is 4. The Labute approximate surface area is 201 Å². The maximum Gasteiger partial charge on any atom is 0.315 e. The summed E-state index contributed by atoms with van der Waals surface area (Å²) in [5.74, 6) is 2.11. The summed E-state index contributed by atoms with van der Waals surface area (Å²) in [5, 5.41) is 4.61. The molecule has 2 saturated heterocycles. The van der Waals surface area contributed by atoms with Crippen molar-refractivity contribution in [3.63, 3.8) is 0 Å². The minimum absolute atomic E-state index is 0.185. The number of nitrogens with zero attached hydrogens (tertiary/aromatic N) is 6. The second-order valence-electron chi connectivity index (χ2n) is 10.0. The van der Waals surface area contributed by atoms with Crippen LogP contribution in [0, 0.1) is 0 Å². The Morgan fingerprint density at radius 3 is 2.46 bits per heavy atom. The highest BCUT2D eigenvalue weighted by Crippen LogP contribution is 2.50. The van der Waals surface area contributed by atoms with Crippen molar-refractivity contribution in [2.24, 2.45) is 5.73 Å². The Kier molecular flexibility index (Phi) is 4.39. The number of nitrogens with one attached hydrogen (secondary N) is 1. The second kappa shape index (κ2) is 7.53. The van der Waals surface area contributed by atoms with Gasteiger partial charge in [0, 0.05) is 53.3 Å². The van der Waals surface area contributed by atoms with Crippen LogP contribution in [0.4, 0.5) is 10.6 Å². The number of carbonyl (C=O) groups excluding carboxylic acids is 1. The predicted octanol–water partition coefficient (Wildman–Crippen LogP) is 3.43.